The molecule has 1 amide bonds. The lowest BCUT2D eigenvalue weighted by Crippen LogP contribution is -2.43. The Kier molecular flexibility index (Phi) is 5.38. The van der Waals surface area contributed by atoms with Crippen LogP contribution in [0.1, 0.15) is 18.9 Å². The number of carbonyl (C=O) groups excluding carboxylic acids is 1. The fourth-order valence-electron chi connectivity index (χ4n) is 1.41. The maximum atomic E-state index is 11.7. The first-order valence-corrected chi connectivity index (χ1v) is 6.14. The number of hydrogen-bond acceptors (Lipinski definition) is 2. The zero-order chi connectivity index (χ0) is 12.8. The SMILES string of the molecule is CCC(NC(=O)Cc1ccc(Cl)cc1)C(N)=S. The Hall–Kier alpha value is -1.13. The molecule has 3 N–H and O–H groups in total. The van der Waals surface area contributed by atoms with E-state index in [0.717, 1.165) is 5.56 Å². The highest BCUT2D eigenvalue weighted by molar-refractivity contribution is 7.80. The van der Waals surface area contributed by atoms with E-state index in [1.54, 1.807) is 12.1 Å². The maximum absolute atomic E-state index is 11.7. The van der Waals surface area contributed by atoms with Crippen LogP contribution in [0.5, 0.6) is 0 Å². The normalized spacial score (nSPS) is 11.9. The molecule has 0 aliphatic carbocycles. The first kappa shape index (κ1) is 13.9. The smallest absolute Gasteiger partial charge is 0.224 e. The monoisotopic (exact) mass is 270 g/mol. The number of thiocarbonyl (C=S) groups is 1. The Bertz CT molecular complexity index is 405. The maximum Gasteiger partial charge on any atom is 0.224 e. The number of halogens is 1. The second-order valence-electron chi connectivity index (χ2n) is 3.73. The van der Waals surface area contributed by atoms with E-state index in [1.807, 2.05) is 19.1 Å². The van der Waals surface area contributed by atoms with Crippen molar-refractivity contribution in [2.45, 2.75) is 25.8 Å². The summed E-state index contributed by atoms with van der Waals surface area (Å²) < 4.78 is 0. The van der Waals surface area contributed by atoms with Crippen LogP contribution in [0.2, 0.25) is 5.02 Å². The summed E-state index contributed by atoms with van der Waals surface area (Å²) in [5.74, 6) is -0.0908. The number of benzene rings is 1. The van der Waals surface area contributed by atoms with Gasteiger partial charge in [0.2, 0.25) is 5.91 Å². The molecule has 0 bridgehead atoms. The van der Waals surface area contributed by atoms with Crippen molar-refractivity contribution in [3.63, 3.8) is 0 Å². The molecule has 0 saturated heterocycles. The van der Waals surface area contributed by atoms with Gasteiger partial charge in [-0.3, -0.25) is 4.79 Å². The number of hydrogen-bond donors (Lipinski definition) is 2. The average molecular weight is 271 g/mol. The number of nitrogens with two attached hydrogens (primary N) is 1. The molecule has 92 valence electrons. The molecule has 3 nitrogen and oxygen atoms in total. The number of carbonyl (C=O) groups is 1. The highest BCUT2D eigenvalue weighted by Crippen LogP contribution is 2.10. The van der Waals surface area contributed by atoms with Gasteiger partial charge in [0.25, 0.3) is 0 Å². The fraction of sp³-hybridized carbons (Fsp3) is 0.333. The van der Waals surface area contributed by atoms with Gasteiger partial charge < -0.3 is 11.1 Å². The topological polar surface area (TPSA) is 55.1 Å². The zero-order valence-electron chi connectivity index (χ0n) is 9.57. The minimum absolute atomic E-state index is 0.0908. The molecule has 1 aromatic carbocycles. The van der Waals surface area contributed by atoms with Gasteiger partial charge in [0.15, 0.2) is 0 Å². The van der Waals surface area contributed by atoms with Crippen LogP contribution in [-0.2, 0) is 11.2 Å². The van der Waals surface area contributed by atoms with Crippen LogP contribution < -0.4 is 11.1 Å². The summed E-state index contributed by atoms with van der Waals surface area (Å²) in [5.41, 5.74) is 6.42. The molecule has 1 atom stereocenters. The Morgan fingerprint density at radius 1 is 1.47 bits per heavy atom. The number of rotatable bonds is 5. The van der Waals surface area contributed by atoms with Gasteiger partial charge in [0.05, 0.1) is 17.5 Å². The molecule has 5 heteroatoms. The van der Waals surface area contributed by atoms with Crippen molar-refractivity contribution in [3.05, 3.63) is 34.9 Å². The van der Waals surface area contributed by atoms with Crippen LogP contribution in [0.25, 0.3) is 0 Å². The Labute approximate surface area is 111 Å². The highest BCUT2D eigenvalue weighted by Gasteiger charge is 2.12. The van der Waals surface area contributed by atoms with Crippen molar-refractivity contribution in [1.29, 1.82) is 0 Å². The quantitative estimate of drug-likeness (QED) is 0.806. The lowest BCUT2D eigenvalue weighted by atomic mass is 10.1. The van der Waals surface area contributed by atoms with Gasteiger partial charge in [-0.15, -0.1) is 0 Å². The van der Waals surface area contributed by atoms with Gasteiger partial charge in [-0.05, 0) is 24.1 Å². The fourth-order valence-corrected chi connectivity index (χ4v) is 1.76. The third-order valence-electron chi connectivity index (χ3n) is 2.36. The van der Waals surface area contributed by atoms with E-state index < -0.39 is 0 Å². The minimum atomic E-state index is -0.232. The summed E-state index contributed by atoms with van der Waals surface area (Å²) in [7, 11) is 0. The molecular weight excluding hydrogens is 256 g/mol. The third-order valence-corrected chi connectivity index (χ3v) is 2.90. The highest BCUT2D eigenvalue weighted by atomic mass is 35.5. The van der Waals surface area contributed by atoms with Gasteiger partial charge in [-0.1, -0.05) is 42.9 Å². The van der Waals surface area contributed by atoms with Crippen molar-refractivity contribution in [3.8, 4) is 0 Å². The molecular formula is C12H15ClN2OS. The summed E-state index contributed by atoms with van der Waals surface area (Å²) in [6, 6.07) is 6.93. The molecule has 0 spiro atoms. The van der Waals surface area contributed by atoms with Crippen LogP contribution in [0.15, 0.2) is 24.3 Å². The van der Waals surface area contributed by atoms with Crippen LogP contribution in [-0.4, -0.2) is 16.9 Å². The molecule has 1 rings (SSSR count). The van der Waals surface area contributed by atoms with E-state index in [9.17, 15) is 4.79 Å². The van der Waals surface area contributed by atoms with E-state index in [0.29, 0.717) is 22.9 Å². The van der Waals surface area contributed by atoms with Gasteiger partial charge in [0.1, 0.15) is 0 Å². The first-order chi connectivity index (χ1) is 8.02. The summed E-state index contributed by atoms with van der Waals surface area (Å²) >= 11 is 10.6. The third kappa shape index (κ3) is 4.71. The molecule has 0 fully saturated rings. The average Bonchev–Trinajstić information content (AvgIpc) is 2.28. The lowest BCUT2D eigenvalue weighted by molar-refractivity contribution is -0.120. The predicted octanol–water partition coefficient (Wildman–Crippen LogP) is 2.06. The first-order valence-electron chi connectivity index (χ1n) is 5.36. The van der Waals surface area contributed by atoms with Crippen molar-refractivity contribution in [2.24, 2.45) is 5.73 Å². The van der Waals surface area contributed by atoms with Crippen LogP contribution in [0.3, 0.4) is 0 Å². The summed E-state index contributed by atoms with van der Waals surface area (Å²) in [6.07, 6.45) is 0.998. The van der Waals surface area contributed by atoms with E-state index in [4.69, 9.17) is 29.6 Å². The molecule has 0 aliphatic rings. The Balaban J connectivity index is 2.54. The van der Waals surface area contributed by atoms with Gasteiger partial charge in [-0.2, -0.15) is 0 Å². The Morgan fingerprint density at radius 3 is 2.53 bits per heavy atom. The Morgan fingerprint density at radius 2 is 2.06 bits per heavy atom. The summed E-state index contributed by atoms with van der Waals surface area (Å²) in [5, 5.41) is 3.45. The van der Waals surface area contributed by atoms with Crippen molar-refractivity contribution >= 4 is 34.7 Å². The number of amides is 1. The lowest BCUT2D eigenvalue weighted by Gasteiger charge is -2.15. The summed E-state index contributed by atoms with van der Waals surface area (Å²) in [6.45, 7) is 1.92. The molecule has 1 unspecified atom stereocenters. The van der Waals surface area contributed by atoms with E-state index in [2.05, 4.69) is 5.32 Å². The van der Waals surface area contributed by atoms with E-state index >= 15 is 0 Å². The minimum Gasteiger partial charge on any atom is -0.392 e. The molecule has 0 saturated carbocycles. The molecule has 17 heavy (non-hydrogen) atoms. The molecule has 0 heterocycles. The molecule has 1 aromatic rings. The standard InChI is InChI=1S/C12H15ClN2OS/c1-2-10(12(14)17)15-11(16)7-8-3-5-9(13)6-4-8/h3-6,10H,2,7H2,1H3,(H2,14,17)(H,15,16). The largest absolute Gasteiger partial charge is 0.392 e. The van der Waals surface area contributed by atoms with Crippen LogP contribution in [0, 0.1) is 0 Å². The van der Waals surface area contributed by atoms with Crippen LogP contribution in [0.4, 0.5) is 0 Å². The number of nitrogens with one attached hydrogen (secondary N) is 1. The van der Waals surface area contributed by atoms with Crippen LogP contribution >= 0.6 is 23.8 Å². The predicted molar refractivity (Wildman–Crippen MR) is 74.2 cm³/mol. The van der Waals surface area contributed by atoms with E-state index in [-0.39, 0.29) is 11.9 Å². The second-order valence-corrected chi connectivity index (χ2v) is 4.64. The zero-order valence-corrected chi connectivity index (χ0v) is 11.1. The van der Waals surface area contributed by atoms with Gasteiger partial charge in [0, 0.05) is 5.02 Å². The van der Waals surface area contributed by atoms with Crippen molar-refractivity contribution < 1.29 is 4.79 Å². The molecule has 0 aromatic heterocycles. The second kappa shape index (κ2) is 6.57. The molecule has 0 aliphatic heterocycles. The van der Waals surface area contributed by atoms with Gasteiger partial charge in [-0.25, -0.2) is 0 Å². The molecule has 0 radical (unpaired) electrons. The van der Waals surface area contributed by atoms with E-state index in [1.165, 1.54) is 0 Å². The van der Waals surface area contributed by atoms with Crippen molar-refractivity contribution in [2.75, 3.05) is 0 Å². The van der Waals surface area contributed by atoms with Gasteiger partial charge >= 0.3 is 0 Å². The summed E-state index contributed by atoms with van der Waals surface area (Å²) in [4.78, 5) is 12.0. The van der Waals surface area contributed by atoms with Crippen molar-refractivity contribution in [1.82, 2.24) is 5.32 Å².